The molecule has 1 amide bonds. The Kier molecular flexibility index (Phi) is 4.21. The molecule has 2 atom stereocenters. The average Bonchev–Trinajstić information content (AvgIpc) is 3.41. The van der Waals surface area contributed by atoms with Gasteiger partial charge in [0.2, 0.25) is 5.56 Å². The Hall–Kier alpha value is -1.62. The van der Waals surface area contributed by atoms with Crippen molar-refractivity contribution >= 4 is 5.91 Å². The van der Waals surface area contributed by atoms with Gasteiger partial charge in [0, 0.05) is 49.5 Å². The first-order valence-corrected chi connectivity index (χ1v) is 9.39. The summed E-state index contributed by atoms with van der Waals surface area (Å²) in [6.07, 6.45) is 5.92. The highest BCUT2D eigenvalue weighted by molar-refractivity contribution is 5.94. The molecule has 1 saturated carbocycles. The summed E-state index contributed by atoms with van der Waals surface area (Å²) in [5.74, 6) is 1.51. The van der Waals surface area contributed by atoms with Gasteiger partial charge in [-0.25, -0.2) is 0 Å². The molecule has 2 bridgehead atoms. The molecule has 130 valence electrons. The number of rotatable bonds is 4. The molecule has 0 aromatic carbocycles. The fourth-order valence-corrected chi connectivity index (χ4v) is 4.30. The second-order valence-corrected chi connectivity index (χ2v) is 7.82. The lowest BCUT2D eigenvalue weighted by molar-refractivity contribution is 0.0736. The molecule has 3 aliphatic heterocycles. The van der Waals surface area contributed by atoms with Gasteiger partial charge < -0.3 is 9.88 Å². The molecule has 1 N–H and O–H groups in total. The van der Waals surface area contributed by atoms with Gasteiger partial charge in [-0.1, -0.05) is 6.92 Å². The van der Waals surface area contributed by atoms with Crippen molar-refractivity contribution in [3.63, 3.8) is 0 Å². The van der Waals surface area contributed by atoms with Crippen LogP contribution >= 0.6 is 0 Å². The Morgan fingerprint density at radius 2 is 2.00 bits per heavy atom. The monoisotopic (exact) mass is 329 g/mol. The van der Waals surface area contributed by atoms with Crippen LogP contribution in [0.2, 0.25) is 0 Å². The van der Waals surface area contributed by atoms with E-state index in [2.05, 4.69) is 9.88 Å². The van der Waals surface area contributed by atoms with Crippen LogP contribution in [0, 0.1) is 11.8 Å². The van der Waals surface area contributed by atoms with Crippen molar-refractivity contribution in [3.05, 3.63) is 33.7 Å². The van der Waals surface area contributed by atoms with Gasteiger partial charge in [-0.2, -0.15) is 0 Å². The maximum absolute atomic E-state index is 13.0. The van der Waals surface area contributed by atoms with Crippen molar-refractivity contribution in [3.8, 4) is 0 Å². The number of fused-ring (bicyclic) bond motifs is 4. The van der Waals surface area contributed by atoms with Gasteiger partial charge in [-0.3, -0.25) is 14.5 Å². The van der Waals surface area contributed by atoms with Gasteiger partial charge in [-0.15, -0.1) is 0 Å². The number of carbonyl (C=O) groups excluding carboxylic acids is 1. The Labute approximate surface area is 143 Å². The summed E-state index contributed by atoms with van der Waals surface area (Å²) >= 11 is 0. The highest BCUT2D eigenvalue weighted by Gasteiger charge is 2.38. The summed E-state index contributed by atoms with van der Waals surface area (Å²) in [6.45, 7) is 6.00. The number of H-pyrrole nitrogens is 1. The first-order chi connectivity index (χ1) is 11.6. The van der Waals surface area contributed by atoms with Crippen molar-refractivity contribution in [2.45, 2.75) is 45.1 Å². The molecule has 4 fully saturated rings. The van der Waals surface area contributed by atoms with E-state index < -0.39 is 0 Å². The SMILES string of the molecule is CCc1cc(C(=O)N2C[C@@H]3CC[C@H](C2)N(CC2CC2)C3)cc(=O)[nH]1. The first kappa shape index (κ1) is 15.9. The third-order valence-corrected chi connectivity index (χ3v) is 5.83. The van der Waals surface area contributed by atoms with E-state index in [1.54, 1.807) is 0 Å². The van der Waals surface area contributed by atoms with Crippen LogP contribution in [0.3, 0.4) is 0 Å². The average molecular weight is 329 g/mol. The summed E-state index contributed by atoms with van der Waals surface area (Å²) in [6, 6.07) is 3.80. The summed E-state index contributed by atoms with van der Waals surface area (Å²) in [5, 5.41) is 0. The van der Waals surface area contributed by atoms with E-state index in [9.17, 15) is 9.59 Å². The minimum Gasteiger partial charge on any atom is -0.337 e. The fraction of sp³-hybridized carbons (Fsp3) is 0.684. The number of nitrogens with zero attached hydrogens (tertiary/aromatic N) is 2. The molecule has 3 saturated heterocycles. The van der Waals surface area contributed by atoms with Crippen molar-refractivity contribution in [1.29, 1.82) is 0 Å². The molecule has 4 heterocycles. The Balaban J connectivity index is 1.52. The van der Waals surface area contributed by atoms with Crippen LogP contribution < -0.4 is 5.56 Å². The van der Waals surface area contributed by atoms with Gasteiger partial charge >= 0.3 is 0 Å². The number of hydrogen-bond acceptors (Lipinski definition) is 3. The lowest BCUT2D eigenvalue weighted by Gasteiger charge is -2.36. The van der Waals surface area contributed by atoms with Crippen molar-refractivity contribution in [2.24, 2.45) is 11.8 Å². The van der Waals surface area contributed by atoms with Gasteiger partial charge in [0.25, 0.3) is 5.91 Å². The largest absolute Gasteiger partial charge is 0.337 e. The quantitative estimate of drug-likeness (QED) is 0.918. The summed E-state index contributed by atoms with van der Waals surface area (Å²) in [7, 11) is 0. The molecule has 5 rings (SSSR count). The fourth-order valence-electron chi connectivity index (χ4n) is 4.30. The maximum Gasteiger partial charge on any atom is 0.254 e. The van der Waals surface area contributed by atoms with E-state index in [0.717, 1.165) is 37.7 Å². The minimum atomic E-state index is -0.175. The molecule has 1 aromatic heterocycles. The van der Waals surface area contributed by atoms with Gasteiger partial charge in [0.05, 0.1) is 0 Å². The summed E-state index contributed by atoms with van der Waals surface area (Å²) in [5.41, 5.74) is 1.20. The maximum atomic E-state index is 13.0. The van der Waals surface area contributed by atoms with Crippen LogP contribution in [-0.4, -0.2) is 52.9 Å². The molecule has 5 heteroatoms. The number of aryl methyl sites for hydroxylation is 1. The van der Waals surface area contributed by atoms with E-state index in [-0.39, 0.29) is 11.5 Å². The van der Waals surface area contributed by atoms with Crippen molar-refractivity contribution in [2.75, 3.05) is 26.2 Å². The zero-order valence-corrected chi connectivity index (χ0v) is 14.5. The van der Waals surface area contributed by atoms with E-state index in [0.29, 0.717) is 17.5 Å². The number of aromatic amines is 1. The predicted octanol–water partition coefficient (Wildman–Crippen LogP) is 1.88. The minimum absolute atomic E-state index is 0.0287. The lowest BCUT2D eigenvalue weighted by atomic mass is 9.95. The van der Waals surface area contributed by atoms with Crippen LogP contribution in [0.15, 0.2) is 16.9 Å². The standard InChI is InChI=1S/C19H27N3O2/c1-2-16-7-15(8-18(23)20-16)19(24)22-11-14-5-6-17(12-22)21(10-14)9-13-3-4-13/h7-8,13-14,17H,2-6,9-12H2,1H3,(H,20,23)/t14-,17-/m1/s1. The number of piperidine rings is 1. The number of aromatic nitrogens is 1. The van der Waals surface area contributed by atoms with E-state index in [1.165, 1.54) is 38.3 Å². The second kappa shape index (κ2) is 6.36. The number of pyridine rings is 1. The highest BCUT2D eigenvalue weighted by Crippen LogP contribution is 2.35. The molecule has 4 aliphatic rings. The van der Waals surface area contributed by atoms with Crippen LogP contribution in [-0.2, 0) is 6.42 Å². The van der Waals surface area contributed by atoms with Crippen molar-refractivity contribution in [1.82, 2.24) is 14.8 Å². The van der Waals surface area contributed by atoms with Crippen LogP contribution in [0.4, 0.5) is 0 Å². The zero-order valence-electron chi connectivity index (χ0n) is 14.5. The number of amides is 1. The Morgan fingerprint density at radius 1 is 1.17 bits per heavy atom. The lowest BCUT2D eigenvalue weighted by Crippen LogP contribution is -2.45. The van der Waals surface area contributed by atoms with E-state index in [4.69, 9.17) is 0 Å². The van der Waals surface area contributed by atoms with Crippen LogP contribution in [0.5, 0.6) is 0 Å². The molecule has 0 radical (unpaired) electrons. The van der Waals surface area contributed by atoms with E-state index in [1.807, 2.05) is 17.9 Å². The summed E-state index contributed by atoms with van der Waals surface area (Å²) in [4.78, 5) is 32.2. The van der Waals surface area contributed by atoms with Gasteiger partial charge in [0.1, 0.15) is 0 Å². The number of nitrogens with one attached hydrogen (secondary N) is 1. The zero-order chi connectivity index (χ0) is 16.7. The summed E-state index contributed by atoms with van der Waals surface area (Å²) < 4.78 is 0. The topological polar surface area (TPSA) is 56.4 Å². The van der Waals surface area contributed by atoms with Crippen LogP contribution in [0.1, 0.15) is 48.7 Å². The van der Waals surface area contributed by atoms with Crippen molar-refractivity contribution < 1.29 is 4.79 Å². The molecule has 0 spiro atoms. The molecule has 24 heavy (non-hydrogen) atoms. The van der Waals surface area contributed by atoms with Gasteiger partial charge in [0.15, 0.2) is 0 Å². The van der Waals surface area contributed by atoms with Gasteiger partial charge in [-0.05, 0) is 50.0 Å². The molecule has 1 aromatic rings. The highest BCUT2D eigenvalue weighted by atomic mass is 16.2. The number of hydrogen-bond donors (Lipinski definition) is 1. The second-order valence-electron chi connectivity index (χ2n) is 7.82. The molecular weight excluding hydrogens is 302 g/mol. The molecule has 0 unspecified atom stereocenters. The van der Waals surface area contributed by atoms with E-state index >= 15 is 0 Å². The third kappa shape index (κ3) is 3.27. The van der Waals surface area contributed by atoms with Crippen LogP contribution in [0.25, 0.3) is 0 Å². The molecule has 1 aliphatic carbocycles. The Bertz CT molecular complexity index is 679. The Morgan fingerprint density at radius 3 is 2.75 bits per heavy atom. The molecular formula is C19H27N3O2. The normalized spacial score (nSPS) is 27.3. The predicted molar refractivity (Wildman–Crippen MR) is 93.2 cm³/mol. The number of carbonyl (C=O) groups is 1. The smallest absolute Gasteiger partial charge is 0.254 e. The third-order valence-electron chi connectivity index (χ3n) is 5.83. The molecule has 5 nitrogen and oxygen atoms in total. The first-order valence-electron chi connectivity index (χ1n) is 9.39.